The zero-order valence-corrected chi connectivity index (χ0v) is 18.0. The minimum atomic E-state index is 0.734. The maximum absolute atomic E-state index is 4.57. The molecule has 0 amide bonds. The Kier molecular flexibility index (Phi) is 6.21. The maximum atomic E-state index is 4.57. The molecule has 1 aliphatic rings. The van der Waals surface area contributed by atoms with Crippen LogP contribution in [0, 0.1) is 5.92 Å². The van der Waals surface area contributed by atoms with E-state index in [0.29, 0.717) is 0 Å². The third kappa shape index (κ3) is 4.52. The fourth-order valence-electron chi connectivity index (χ4n) is 4.37. The van der Waals surface area contributed by atoms with E-state index in [9.17, 15) is 0 Å². The Bertz CT molecular complexity index is 877. The molecule has 0 N–H and O–H groups in total. The van der Waals surface area contributed by atoms with Crippen molar-refractivity contribution in [3.05, 3.63) is 71.0 Å². The third-order valence-corrected chi connectivity index (χ3v) is 6.54. The molecule has 1 aliphatic carbocycles. The molecular formula is C25H27BrN2. The van der Waals surface area contributed by atoms with Gasteiger partial charge in [0.1, 0.15) is 0 Å². The molecular weight excluding hydrogens is 408 g/mol. The Balaban J connectivity index is 1.43. The van der Waals surface area contributed by atoms with Crippen molar-refractivity contribution in [1.82, 2.24) is 9.97 Å². The lowest BCUT2D eigenvalue weighted by atomic mass is 9.77. The van der Waals surface area contributed by atoms with Crippen LogP contribution in [0.4, 0.5) is 0 Å². The summed E-state index contributed by atoms with van der Waals surface area (Å²) in [4.78, 5) is 9.13. The van der Waals surface area contributed by atoms with Crippen molar-refractivity contribution in [2.24, 2.45) is 5.92 Å². The van der Waals surface area contributed by atoms with Crippen LogP contribution in [-0.4, -0.2) is 9.97 Å². The van der Waals surface area contributed by atoms with Crippen LogP contribution in [0.3, 0.4) is 0 Å². The van der Waals surface area contributed by atoms with Gasteiger partial charge in [0.25, 0.3) is 0 Å². The number of benzene rings is 2. The largest absolute Gasteiger partial charge is 0.236 e. The fraction of sp³-hybridized carbons (Fsp3) is 0.360. The van der Waals surface area contributed by atoms with E-state index in [1.165, 1.54) is 49.7 Å². The predicted octanol–water partition coefficient (Wildman–Crippen LogP) is 7.65. The van der Waals surface area contributed by atoms with Gasteiger partial charge in [-0.05, 0) is 60.8 Å². The topological polar surface area (TPSA) is 25.8 Å². The summed E-state index contributed by atoms with van der Waals surface area (Å²) < 4.78 is 1.06. The highest BCUT2D eigenvalue weighted by Crippen LogP contribution is 2.38. The number of hydrogen-bond donors (Lipinski definition) is 0. The van der Waals surface area contributed by atoms with Crippen LogP contribution in [0.25, 0.3) is 22.5 Å². The summed E-state index contributed by atoms with van der Waals surface area (Å²) in [7, 11) is 0. The lowest BCUT2D eigenvalue weighted by molar-refractivity contribution is 0.308. The molecule has 28 heavy (non-hydrogen) atoms. The van der Waals surface area contributed by atoms with Gasteiger partial charge in [-0.15, -0.1) is 0 Å². The van der Waals surface area contributed by atoms with E-state index < -0.39 is 0 Å². The fourth-order valence-corrected chi connectivity index (χ4v) is 4.63. The van der Waals surface area contributed by atoms with Crippen LogP contribution < -0.4 is 0 Å². The second-order valence-electron chi connectivity index (χ2n) is 7.93. The first-order chi connectivity index (χ1) is 13.7. The Hall–Kier alpha value is -2.00. The van der Waals surface area contributed by atoms with E-state index in [4.69, 9.17) is 0 Å². The smallest absolute Gasteiger partial charge is 0.159 e. The second kappa shape index (κ2) is 9.00. The molecule has 3 aromatic rings. The molecule has 0 spiro atoms. The summed E-state index contributed by atoms with van der Waals surface area (Å²) in [5.74, 6) is 2.46. The van der Waals surface area contributed by atoms with E-state index in [2.05, 4.69) is 57.1 Å². The first-order valence-corrected chi connectivity index (χ1v) is 11.2. The summed E-state index contributed by atoms with van der Waals surface area (Å²) in [6, 6.07) is 17.2. The first kappa shape index (κ1) is 19.3. The number of rotatable bonds is 5. The Morgan fingerprint density at radius 3 is 2.00 bits per heavy atom. The monoisotopic (exact) mass is 434 g/mol. The molecule has 0 bridgehead atoms. The first-order valence-electron chi connectivity index (χ1n) is 10.4. The van der Waals surface area contributed by atoms with Gasteiger partial charge in [-0.3, -0.25) is 0 Å². The molecule has 1 aromatic heterocycles. The van der Waals surface area contributed by atoms with Gasteiger partial charge in [0.15, 0.2) is 5.82 Å². The van der Waals surface area contributed by atoms with Crippen molar-refractivity contribution < 1.29 is 0 Å². The van der Waals surface area contributed by atoms with Gasteiger partial charge in [0.2, 0.25) is 0 Å². The molecule has 0 aliphatic heterocycles. The zero-order chi connectivity index (χ0) is 19.3. The Morgan fingerprint density at radius 1 is 0.786 bits per heavy atom. The molecule has 1 heterocycles. The van der Waals surface area contributed by atoms with Gasteiger partial charge >= 0.3 is 0 Å². The summed E-state index contributed by atoms with van der Waals surface area (Å²) in [6.07, 6.45) is 12.1. The van der Waals surface area contributed by atoms with Crippen molar-refractivity contribution in [2.45, 2.75) is 51.4 Å². The number of aromatic nitrogens is 2. The van der Waals surface area contributed by atoms with Crippen molar-refractivity contribution in [3.8, 4) is 22.5 Å². The van der Waals surface area contributed by atoms with Crippen molar-refractivity contribution in [2.75, 3.05) is 0 Å². The van der Waals surface area contributed by atoms with Gasteiger partial charge in [-0.1, -0.05) is 72.1 Å². The highest BCUT2D eigenvalue weighted by molar-refractivity contribution is 9.10. The molecule has 144 valence electrons. The van der Waals surface area contributed by atoms with Gasteiger partial charge in [-0.2, -0.15) is 0 Å². The predicted molar refractivity (Wildman–Crippen MR) is 120 cm³/mol. The number of hydrogen-bond acceptors (Lipinski definition) is 2. The van der Waals surface area contributed by atoms with Gasteiger partial charge in [-0.25, -0.2) is 9.97 Å². The molecule has 0 saturated heterocycles. The Labute approximate surface area is 176 Å². The van der Waals surface area contributed by atoms with Crippen LogP contribution in [-0.2, 0) is 0 Å². The third-order valence-electron chi connectivity index (χ3n) is 6.01. The summed E-state index contributed by atoms with van der Waals surface area (Å²) >= 11 is 3.46. The van der Waals surface area contributed by atoms with Crippen molar-refractivity contribution in [3.63, 3.8) is 0 Å². The normalized spacial score (nSPS) is 19.5. The number of halogens is 1. The van der Waals surface area contributed by atoms with Crippen molar-refractivity contribution >= 4 is 15.9 Å². The molecule has 2 nitrogen and oxygen atoms in total. The minimum Gasteiger partial charge on any atom is -0.236 e. The molecule has 1 saturated carbocycles. The quantitative estimate of drug-likeness (QED) is 0.411. The van der Waals surface area contributed by atoms with E-state index in [1.807, 2.05) is 36.7 Å². The molecule has 0 atom stereocenters. The molecule has 0 radical (unpaired) electrons. The summed E-state index contributed by atoms with van der Waals surface area (Å²) in [5.41, 5.74) is 4.78. The van der Waals surface area contributed by atoms with Crippen LogP contribution in [0.5, 0.6) is 0 Å². The number of nitrogens with zero attached hydrogens (tertiary/aromatic N) is 2. The molecule has 1 fully saturated rings. The van der Waals surface area contributed by atoms with Crippen LogP contribution in [0.1, 0.15) is 56.9 Å². The summed E-state index contributed by atoms with van der Waals surface area (Å²) in [5, 5.41) is 0. The summed E-state index contributed by atoms with van der Waals surface area (Å²) in [6.45, 7) is 2.31. The average Bonchev–Trinajstić information content (AvgIpc) is 2.75. The SMILES string of the molecule is CCC[C@H]1CC[C@H](c2ccc(-c3cnc(-c4ccc(Br)cc4)nc3)cc2)CC1. The molecule has 2 aromatic carbocycles. The highest BCUT2D eigenvalue weighted by atomic mass is 79.9. The van der Waals surface area contributed by atoms with Crippen LogP contribution in [0.2, 0.25) is 0 Å². The van der Waals surface area contributed by atoms with Gasteiger partial charge < -0.3 is 0 Å². The molecule has 0 unspecified atom stereocenters. The standard InChI is InChI=1S/C25H27BrN2/c1-2-3-18-4-6-19(7-5-18)20-8-10-21(11-9-20)23-16-27-25(28-17-23)22-12-14-24(26)15-13-22/h8-19H,2-7H2,1H3/t18-,19-. The van der Waals surface area contributed by atoms with E-state index in [0.717, 1.165) is 33.3 Å². The zero-order valence-electron chi connectivity index (χ0n) is 16.4. The van der Waals surface area contributed by atoms with E-state index in [1.54, 1.807) is 0 Å². The van der Waals surface area contributed by atoms with Crippen LogP contribution >= 0.6 is 15.9 Å². The lowest BCUT2D eigenvalue weighted by Gasteiger charge is -2.28. The molecule has 4 rings (SSSR count). The van der Waals surface area contributed by atoms with Gasteiger partial charge in [0, 0.05) is 28.0 Å². The van der Waals surface area contributed by atoms with E-state index in [-0.39, 0.29) is 0 Å². The second-order valence-corrected chi connectivity index (χ2v) is 8.85. The van der Waals surface area contributed by atoms with Gasteiger partial charge in [0.05, 0.1) is 0 Å². The maximum Gasteiger partial charge on any atom is 0.159 e. The van der Waals surface area contributed by atoms with Crippen molar-refractivity contribution in [1.29, 1.82) is 0 Å². The molecule has 3 heteroatoms. The Morgan fingerprint density at radius 2 is 1.39 bits per heavy atom. The van der Waals surface area contributed by atoms with Crippen LogP contribution in [0.15, 0.2) is 65.4 Å². The highest BCUT2D eigenvalue weighted by Gasteiger charge is 2.21. The minimum absolute atomic E-state index is 0.734. The van der Waals surface area contributed by atoms with E-state index >= 15 is 0 Å². The average molecular weight is 435 g/mol. The lowest BCUT2D eigenvalue weighted by Crippen LogP contribution is -2.13.